The lowest BCUT2D eigenvalue weighted by Gasteiger charge is -2.03. The minimum atomic E-state index is -0.700. The molecule has 2 aromatic carbocycles. The first-order valence-electron chi connectivity index (χ1n) is 5.69. The second kappa shape index (κ2) is 5.79. The highest BCUT2D eigenvalue weighted by atomic mass is 35.5. The Bertz CT molecular complexity index is 671. The Balaban J connectivity index is 2.31. The predicted molar refractivity (Wildman–Crippen MR) is 72.5 cm³/mol. The van der Waals surface area contributed by atoms with Gasteiger partial charge in [-0.05, 0) is 29.8 Å². The number of nitrogens with zero attached hydrogens (tertiary/aromatic N) is 1. The first kappa shape index (κ1) is 14.1. The summed E-state index contributed by atoms with van der Waals surface area (Å²) in [6, 6.07) is 9.35. The Morgan fingerprint density at radius 1 is 1.20 bits per heavy atom. The van der Waals surface area contributed by atoms with Crippen molar-refractivity contribution in [2.45, 2.75) is 6.42 Å². The summed E-state index contributed by atoms with van der Waals surface area (Å²) in [7, 11) is 0. The van der Waals surface area contributed by atoms with Gasteiger partial charge in [-0.15, -0.1) is 0 Å². The number of hydrogen-bond donors (Lipinski definition) is 0. The van der Waals surface area contributed by atoms with Crippen LogP contribution in [0.15, 0.2) is 42.5 Å². The van der Waals surface area contributed by atoms with Crippen LogP contribution in [0.5, 0.6) is 0 Å². The fourth-order valence-corrected chi connectivity index (χ4v) is 1.90. The van der Waals surface area contributed by atoms with E-state index >= 15 is 0 Å². The number of Topliss-reactive ketones (excluding diaryl/α,β-unsaturated/α-hetero) is 1. The van der Waals surface area contributed by atoms with E-state index in [0.29, 0.717) is 10.6 Å². The Morgan fingerprint density at radius 2 is 1.85 bits per heavy atom. The molecule has 0 radical (unpaired) electrons. The largest absolute Gasteiger partial charge is 0.294 e. The molecular weight excluding hydrogens is 285 g/mol. The summed E-state index contributed by atoms with van der Waals surface area (Å²) >= 11 is 5.73. The van der Waals surface area contributed by atoms with Crippen LogP contribution in [-0.2, 0) is 6.42 Å². The first-order chi connectivity index (χ1) is 9.47. The maximum absolute atomic E-state index is 13.2. The molecule has 2 aromatic rings. The number of rotatable bonds is 4. The van der Waals surface area contributed by atoms with E-state index in [2.05, 4.69) is 0 Å². The number of nitro groups is 1. The molecule has 0 amide bonds. The van der Waals surface area contributed by atoms with Crippen LogP contribution >= 0.6 is 11.6 Å². The molecule has 0 unspecified atom stereocenters. The van der Waals surface area contributed by atoms with Gasteiger partial charge in [0, 0.05) is 17.5 Å². The SMILES string of the molecule is O=C(Cc1ccc(Cl)cc1)c1cc(F)ccc1[N+](=O)[O-]. The van der Waals surface area contributed by atoms with Gasteiger partial charge in [0.1, 0.15) is 5.82 Å². The van der Waals surface area contributed by atoms with Crippen molar-refractivity contribution in [3.63, 3.8) is 0 Å². The minimum absolute atomic E-state index is 0.0541. The fraction of sp³-hybridized carbons (Fsp3) is 0.0714. The molecule has 0 aromatic heterocycles. The van der Waals surface area contributed by atoms with Gasteiger partial charge in [-0.25, -0.2) is 4.39 Å². The van der Waals surface area contributed by atoms with Crippen LogP contribution in [0.25, 0.3) is 0 Å². The smallest absolute Gasteiger partial charge is 0.280 e. The summed E-state index contributed by atoms with van der Waals surface area (Å²) in [5, 5.41) is 11.4. The van der Waals surface area contributed by atoms with Crippen molar-refractivity contribution in [2.24, 2.45) is 0 Å². The highest BCUT2D eigenvalue weighted by Gasteiger charge is 2.20. The van der Waals surface area contributed by atoms with Gasteiger partial charge in [-0.2, -0.15) is 0 Å². The van der Waals surface area contributed by atoms with Gasteiger partial charge in [-0.3, -0.25) is 14.9 Å². The molecule has 4 nitrogen and oxygen atoms in total. The maximum Gasteiger partial charge on any atom is 0.280 e. The molecule has 2 rings (SSSR count). The van der Waals surface area contributed by atoms with E-state index < -0.39 is 22.2 Å². The number of nitro benzene ring substituents is 1. The number of ketones is 1. The minimum Gasteiger partial charge on any atom is -0.294 e. The zero-order valence-electron chi connectivity index (χ0n) is 10.2. The second-order valence-corrected chi connectivity index (χ2v) is 4.58. The maximum atomic E-state index is 13.2. The van der Waals surface area contributed by atoms with Crippen molar-refractivity contribution in [3.05, 3.63) is 74.5 Å². The molecule has 0 aliphatic carbocycles. The van der Waals surface area contributed by atoms with Gasteiger partial charge in [0.05, 0.1) is 10.5 Å². The van der Waals surface area contributed by atoms with Gasteiger partial charge >= 0.3 is 0 Å². The van der Waals surface area contributed by atoms with E-state index in [-0.39, 0.29) is 12.0 Å². The van der Waals surface area contributed by atoms with Crippen molar-refractivity contribution in [3.8, 4) is 0 Å². The number of carbonyl (C=O) groups excluding carboxylic acids is 1. The lowest BCUT2D eigenvalue weighted by molar-refractivity contribution is -0.385. The zero-order valence-corrected chi connectivity index (χ0v) is 10.9. The Kier molecular flexibility index (Phi) is 4.10. The van der Waals surface area contributed by atoms with Gasteiger partial charge in [-0.1, -0.05) is 23.7 Å². The third kappa shape index (κ3) is 3.19. The van der Waals surface area contributed by atoms with E-state index in [1.165, 1.54) is 0 Å². The molecule has 102 valence electrons. The molecule has 0 saturated carbocycles. The second-order valence-electron chi connectivity index (χ2n) is 4.14. The zero-order chi connectivity index (χ0) is 14.7. The average Bonchev–Trinajstić information content (AvgIpc) is 2.41. The molecule has 0 heterocycles. The van der Waals surface area contributed by atoms with Crippen LogP contribution in [0.3, 0.4) is 0 Å². The molecule has 0 bridgehead atoms. The number of halogens is 2. The summed E-state index contributed by atoms with van der Waals surface area (Å²) in [4.78, 5) is 22.2. The van der Waals surface area contributed by atoms with Crippen LogP contribution in [0, 0.1) is 15.9 Å². The van der Waals surface area contributed by atoms with Crippen molar-refractivity contribution < 1.29 is 14.1 Å². The fourth-order valence-electron chi connectivity index (χ4n) is 1.77. The van der Waals surface area contributed by atoms with Crippen LogP contribution in [0.2, 0.25) is 5.02 Å². The summed E-state index contributed by atoms with van der Waals surface area (Å²) in [6.07, 6.45) is -0.0541. The summed E-state index contributed by atoms with van der Waals surface area (Å²) in [5.41, 5.74) is 0.0215. The van der Waals surface area contributed by atoms with Gasteiger partial charge in [0.15, 0.2) is 5.78 Å². The highest BCUT2D eigenvalue weighted by molar-refractivity contribution is 6.30. The first-order valence-corrected chi connectivity index (χ1v) is 6.07. The Hall–Kier alpha value is -2.27. The van der Waals surface area contributed by atoms with Crippen LogP contribution < -0.4 is 0 Å². The van der Waals surface area contributed by atoms with Crippen molar-refractivity contribution >= 4 is 23.1 Å². The quantitative estimate of drug-likeness (QED) is 0.489. The van der Waals surface area contributed by atoms with Gasteiger partial charge < -0.3 is 0 Å². The lowest BCUT2D eigenvalue weighted by Crippen LogP contribution is -2.07. The molecule has 0 aliphatic heterocycles. The van der Waals surface area contributed by atoms with Gasteiger partial charge in [0.2, 0.25) is 0 Å². The van der Waals surface area contributed by atoms with E-state index in [1.807, 2.05) is 0 Å². The summed E-state index contributed by atoms with van der Waals surface area (Å²) in [5.74, 6) is -1.20. The number of hydrogen-bond acceptors (Lipinski definition) is 3. The van der Waals surface area contributed by atoms with E-state index in [0.717, 1.165) is 18.2 Å². The molecule has 0 spiro atoms. The van der Waals surface area contributed by atoms with E-state index in [4.69, 9.17) is 11.6 Å². The molecule has 0 atom stereocenters. The molecule has 20 heavy (non-hydrogen) atoms. The van der Waals surface area contributed by atoms with Crippen LogP contribution in [-0.4, -0.2) is 10.7 Å². The molecule has 0 N–H and O–H groups in total. The third-order valence-corrected chi connectivity index (χ3v) is 2.99. The van der Waals surface area contributed by atoms with Crippen LogP contribution in [0.1, 0.15) is 15.9 Å². The average molecular weight is 294 g/mol. The standard InChI is InChI=1S/C14H9ClFNO3/c15-10-3-1-9(2-4-10)7-14(18)12-8-11(16)5-6-13(12)17(19)20/h1-6,8H,7H2. The van der Waals surface area contributed by atoms with Gasteiger partial charge in [0.25, 0.3) is 5.69 Å². The molecule has 0 aliphatic rings. The molecule has 0 fully saturated rings. The lowest BCUT2D eigenvalue weighted by atomic mass is 10.0. The number of benzene rings is 2. The van der Waals surface area contributed by atoms with Crippen molar-refractivity contribution in [2.75, 3.05) is 0 Å². The Morgan fingerprint density at radius 3 is 2.45 bits per heavy atom. The summed E-state index contributed by atoms with van der Waals surface area (Å²) < 4.78 is 13.2. The normalized spacial score (nSPS) is 10.3. The Labute approximate surface area is 119 Å². The van der Waals surface area contributed by atoms with E-state index in [1.54, 1.807) is 24.3 Å². The monoisotopic (exact) mass is 293 g/mol. The van der Waals surface area contributed by atoms with Crippen LogP contribution in [0.4, 0.5) is 10.1 Å². The van der Waals surface area contributed by atoms with E-state index in [9.17, 15) is 19.3 Å². The molecule has 6 heteroatoms. The predicted octanol–water partition coefficient (Wildman–Crippen LogP) is 3.81. The molecule has 0 saturated heterocycles. The number of carbonyl (C=O) groups is 1. The van der Waals surface area contributed by atoms with Crippen molar-refractivity contribution in [1.82, 2.24) is 0 Å². The molecular formula is C14H9ClFNO3. The van der Waals surface area contributed by atoms with Crippen molar-refractivity contribution in [1.29, 1.82) is 0 Å². The topological polar surface area (TPSA) is 60.2 Å². The third-order valence-electron chi connectivity index (χ3n) is 2.73. The highest BCUT2D eigenvalue weighted by Crippen LogP contribution is 2.22. The summed E-state index contributed by atoms with van der Waals surface area (Å²) in [6.45, 7) is 0.